The fraction of sp³-hybridized carbons (Fsp3) is 0.0800. The van der Waals surface area contributed by atoms with Gasteiger partial charge < -0.3 is 10.2 Å². The third kappa shape index (κ3) is 4.38. The molecular weight excluding hydrogens is 392 g/mol. The molecule has 0 radical (unpaired) electrons. The molecule has 0 saturated heterocycles. The Kier molecular flexibility index (Phi) is 5.62. The van der Waals surface area contributed by atoms with Gasteiger partial charge in [-0.1, -0.05) is 66.7 Å². The highest BCUT2D eigenvalue weighted by Gasteiger charge is 2.29. The highest BCUT2D eigenvalue weighted by molar-refractivity contribution is 6.03. The Hall–Kier alpha value is -4.19. The molecule has 1 atom stereocenters. The third-order valence-electron chi connectivity index (χ3n) is 5.11. The number of allylic oxidation sites excluding steroid dienone is 1. The quantitative estimate of drug-likeness (QED) is 0.588. The number of benzene rings is 3. The lowest BCUT2D eigenvalue weighted by Gasteiger charge is -2.24. The van der Waals surface area contributed by atoms with Gasteiger partial charge in [0.1, 0.15) is 0 Å². The van der Waals surface area contributed by atoms with E-state index in [0.29, 0.717) is 12.1 Å². The first-order valence-corrected chi connectivity index (χ1v) is 9.78. The summed E-state index contributed by atoms with van der Waals surface area (Å²) in [5.74, 6) is -2.57. The van der Waals surface area contributed by atoms with Crippen LogP contribution in [-0.4, -0.2) is 27.9 Å². The van der Waals surface area contributed by atoms with Crippen molar-refractivity contribution in [2.75, 3.05) is 5.01 Å². The van der Waals surface area contributed by atoms with Crippen molar-refractivity contribution in [2.45, 2.75) is 12.5 Å². The first-order valence-electron chi connectivity index (χ1n) is 9.78. The Bertz CT molecular complexity index is 1170. The number of rotatable bonds is 6. The largest absolute Gasteiger partial charge is 0.478 e. The molecule has 0 bridgehead atoms. The van der Waals surface area contributed by atoms with Crippen molar-refractivity contribution < 1.29 is 19.8 Å². The first-order chi connectivity index (χ1) is 15.0. The van der Waals surface area contributed by atoms with Crippen LogP contribution < -0.4 is 5.01 Å². The molecule has 1 aliphatic rings. The van der Waals surface area contributed by atoms with Gasteiger partial charge in [-0.2, -0.15) is 5.10 Å². The molecule has 1 aliphatic heterocycles. The van der Waals surface area contributed by atoms with E-state index >= 15 is 0 Å². The summed E-state index contributed by atoms with van der Waals surface area (Å²) < 4.78 is 0. The Labute approximate surface area is 179 Å². The van der Waals surface area contributed by atoms with Crippen LogP contribution >= 0.6 is 0 Å². The van der Waals surface area contributed by atoms with Crippen LogP contribution in [0.5, 0.6) is 0 Å². The number of hydrogen-bond acceptors (Lipinski definition) is 4. The number of nitrogens with zero attached hydrogens (tertiary/aromatic N) is 2. The van der Waals surface area contributed by atoms with Crippen LogP contribution in [0.4, 0.5) is 5.69 Å². The lowest BCUT2D eigenvalue weighted by atomic mass is 10.00. The summed E-state index contributed by atoms with van der Waals surface area (Å²) in [5, 5.41) is 25.3. The van der Waals surface area contributed by atoms with Gasteiger partial charge in [0.05, 0.1) is 28.6 Å². The van der Waals surface area contributed by atoms with E-state index in [4.69, 9.17) is 5.10 Å². The molecule has 4 rings (SSSR count). The van der Waals surface area contributed by atoms with Crippen LogP contribution in [0.1, 0.15) is 44.3 Å². The maximum Gasteiger partial charge on any atom is 0.336 e. The van der Waals surface area contributed by atoms with E-state index in [2.05, 4.69) is 0 Å². The van der Waals surface area contributed by atoms with Gasteiger partial charge in [-0.05, 0) is 35.4 Å². The van der Waals surface area contributed by atoms with Gasteiger partial charge >= 0.3 is 11.9 Å². The zero-order chi connectivity index (χ0) is 21.8. The maximum absolute atomic E-state index is 11.6. The van der Waals surface area contributed by atoms with E-state index in [0.717, 1.165) is 16.8 Å². The summed E-state index contributed by atoms with van der Waals surface area (Å²) in [5.41, 5.74) is 2.95. The standard InChI is InChI=1S/C25H20N2O4/c28-24(29)21-14-13-20(16-22(21)25(30)31)27-23(18-9-5-2-6-10-18)15-19(26-27)12-11-17-7-3-1-4-8-17/h1-14,16,23H,15H2,(H,28,29)(H,30,31)/b12-11+/t23-/m0/s1. The summed E-state index contributed by atoms with van der Waals surface area (Å²) in [6, 6.07) is 23.9. The number of carboxylic acid groups (broad SMARTS) is 2. The topological polar surface area (TPSA) is 90.2 Å². The predicted molar refractivity (Wildman–Crippen MR) is 120 cm³/mol. The Morgan fingerprint density at radius 2 is 1.48 bits per heavy atom. The fourth-order valence-electron chi connectivity index (χ4n) is 3.60. The molecule has 0 unspecified atom stereocenters. The number of hydrazone groups is 1. The molecule has 0 fully saturated rings. The molecule has 6 heteroatoms. The van der Waals surface area contributed by atoms with E-state index < -0.39 is 11.9 Å². The zero-order valence-corrected chi connectivity index (χ0v) is 16.6. The number of anilines is 1. The molecule has 0 saturated carbocycles. The van der Waals surface area contributed by atoms with Crippen molar-refractivity contribution in [3.05, 3.63) is 107 Å². The minimum atomic E-state index is -1.29. The highest BCUT2D eigenvalue weighted by Crippen LogP contribution is 2.36. The fourth-order valence-corrected chi connectivity index (χ4v) is 3.60. The van der Waals surface area contributed by atoms with Crippen LogP contribution in [0.3, 0.4) is 0 Å². The van der Waals surface area contributed by atoms with Crippen LogP contribution in [-0.2, 0) is 0 Å². The van der Waals surface area contributed by atoms with Gasteiger partial charge in [0.2, 0.25) is 0 Å². The number of aromatic carboxylic acids is 2. The van der Waals surface area contributed by atoms with E-state index in [1.807, 2.05) is 72.8 Å². The Balaban J connectivity index is 1.73. The van der Waals surface area contributed by atoms with Crippen LogP contribution in [0, 0.1) is 0 Å². The maximum atomic E-state index is 11.6. The average Bonchev–Trinajstić information content (AvgIpc) is 3.23. The molecule has 0 amide bonds. The molecule has 31 heavy (non-hydrogen) atoms. The van der Waals surface area contributed by atoms with Crippen LogP contribution in [0.2, 0.25) is 0 Å². The van der Waals surface area contributed by atoms with Gasteiger partial charge in [0.25, 0.3) is 0 Å². The molecule has 0 spiro atoms. The molecule has 2 N–H and O–H groups in total. The first kappa shape index (κ1) is 20.1. The second kappa shape index (κ2) is 8.67. The lowest BCUT2D eigenvalue weighted by molar-refractivity contribution is 0.0651. The van der Waals surface area contributed by atoms with E-state index in [-0.39, 0.29) is 17.2 Å². The molecule has 3 aromatic carbocycles. The van der Waals surface area contributed by atoms with Gasteiger partial charge in [-0.3, -0.25) is 5.01 Å². The lowest BCUT2D eigenvalue weighted by Crippen LogP contribution is -2.19. The van der Waals surface area contributed by atoms with Crippen LogP contribution in [0.25, 0.3) is 6.08 Å². The average molecular weight is 412 g/mol. The van der Waals surface area contributed by atoms with E-state index in [9.17, 15) is 19.8 Å². The van der Waals surface area contributed by atoms with Crippen molar-refractivity contribution in [3.8, 4) is 0 Å². The predicted octanol–water partition coefficient (Wildman–Crippen LogP) is 5.10. The molecule has 6 nitrogen and oxygen atoms in total. The van der Waals surface area contributed by atoms with E-state index in [1.165, 1.54) is 12.1 Å². The van der Waals surface area contributed by atoms with Crippen LogP contribution in [0.15, 0.2) is 90.0 Å². The molecule has 0 aromatic heterocycles. The molecule has 154 valence electrons. The number of carboxylic acids is 2. The number of hydrogen-bond donors (Lipinski definition) is 2. The van der Waals surface area contributed by atoms with Gasteiger partial charge in [-0.15, -0.1) is 0 Å². The van der Waals surface area contributed by atoms with Crippen molar-refractivity contribution >= 4 is 29.4 Å². The second-order valence-electron chi connectivity index (χ2n) is 7.15. The summed E-state index contributed by atoms with van der Waals surface area (Å²) in [6.45, 7) is 0. The highest BCUT2D eigenvalue weighted by atomic mass is 16.4. The number of carbonyl (C=O) groups is 2. The molecule has 3 aromatic rings. The third-order valence-corrected chi connectivity index (χ3v) is 5.11. The zero-order valence-electron chi connectivity index (χ0n) is 16.6. The van der Waals surface area contributed by atoms with Gasteiger partial charge in [0.15, 0.2) is 0 Å². The van der Waals surface area contributed by atoms with Crippen molar-refractivity contribution in [1.82, 2.24) is 0 Å². The molecular formula is C25H20N2O4. The van der Waals surface area contributed by atoms with Gasteiger partial charge in [0, 0.05) is 6.42 Å². The summed E-state index contributed by atoms with van der Waals surface area (Å²) in [7, 11) is 0. The van der Waals surface area contributed by atoms with Crippen molar-refractivity contribution in [3.63, 3.8) is 0 Å². The minimum Gasteiger partial charge on any atom is -0.478 e. The summed E-state index contributed by atoms with van der Waals surface area (Å²) in [4.78, 5) is 23.0. The van der Waals surface area contributed by atoms with Gasteiger partial charge in [-0.25, -0.2) is 9.59 Å². The summed E-state index contributed by atoms with van der Waals surface area (Å²) >= 11 is 0. The molecule has 1 heterocycles. The van der Waals surface area contributed by atoms with Crippen molar-refractivity contribution in [1.29, 1.82) is 0 Å². The Morgan fingerprint density at radius 1 is 0.839 bits per heavy atom. The van der Waals surface area contributed by atoms with E-state index in [1.54, 1.807) is 11.1 Å². The Morgan fingerprint density at radius 3 is 2.13 bits per heavy atom. The molecule has 0 aliphatic carbocycles. The second-order valence-corrected chi connectivity index (χ2v) is 7.15. The van der Waals surface area contributed by atoms with Crippen molar-refractivity contribution in [2.24, 2.45) is 5.10 Å². The monoisotopic (exact) mass is 412 g/mol. The minimum absolute atomic E-state index is 0.131. The SMILES string of the molecule is O=C(O)c1ccc(N2N=C(/C=C/c3ccccc3)C[C@H]2c2ccccc2)cc1C(=O)O. The smallest absolute Gasteiger partial charge is 0.336 e. The summed E-state index contributed by atoms with van der Waals surface area (Å²) in [6.07, 6.45) is 4.58. The normalized spacial score (nSPS) is 15.8.